The van der Waals surface area contributed by atoms with E-state index in [2.05, 4.69) is 29.1 Å². The van der Waals surface area contributed by atoms with E-state index < -0.39 is 0 Å². The number of thiophene rings is 1. The van der Waals surface area contributed by atoms with Crippen molar-refractivity contribution in [1.82, 2.24) is 5.32 Å². The third-order valence-corrected chi connectivity index (χ3v) is 3.49. The van der Waals surface area contributed by atoms with Gasteiger partial charge in [-0.2, -0.15) is 11.3 Å². The van der Waals surface area contributed by atoms with E-state index in [0.29, 0.717) is 12.6 Å². The second kappa shape index (κ2) is 7.36. The minimum atomic E-state index is 0.418. The van der Waals surface area contributed by atoms with Crippen molar-refractivity contribution in [3.05, 3.63) is 46.5 Å². The summed E-state index contributed by atoms with van der Waals surface area (Å²) in [5.74, 6) is 0.884. The first-order valence-corrected chi connectivity index (χ1v) is 7.16. The van der Waals surface area contributed by atoms with E-state index in [0.717, 1.165) is 25.3 Å². The summed E-state index contributed by atoms with van der Waals surface area (Å²) in [5, 5.41) is 7.78. The smallest absolute Gasteiger partial charge is 0.129 e. The summed E-state index contributed by atoms with van der Waals surface area (Å²) in [6, 6.07) is 6.39. The van der Waals surface area contributed by atoms with Gasteiger partial charge in [-0.3, -0.25) is 0 Å². The number of hydrogen-bond donors (Lipinski definition) is 1. The summed E-state index contributed by atoms with van der Waals surface area (Å²) < 4.78 is 10.7. The van der Waals surface area contributed by atoms with Crippen LogP contribution in [0, 0.1) is 0 Å². The molecule has 0 aliphatic heterocycles. The minimum absolute atomic E-state index is 0.418. The molecule has 0 aliphatic rings. The predicted molar refractivity (Wildman–Crippen MR) is 73.7 cm³/mol. The van der Waals surface area contributed by atoms with E-state index in [9.17, 15) is 0 Å². The van der Waals surface area contributed by atoms with Gasteiger partial charge in [0.1, 0.15) is 12.4 Å². The molecule has 0 spiro atoms. The van der Waals surface area contributed by atoms with Gasteiger partial charge >= 0.3 is 0 Å². The molecule has 1 unspecified atom stereocenters. The highest BCUT2D eigenvalue weighted by atomic mass is 32.1. The Morgan fingerprint density at radius 3 is 3.11 bits per heavy atom. The molecule has 18 heavy (non-hydrogen) atoms. The monoisotopic (exact) mass is 265 g/mol. The number of rotatable bonds is 8. The molecule has 2 aromatic rings. The normalized spacial score (nSPS) is 12.7. The largest absolute Gasteiger partial charge is 0.467 e. The Morgan fingerprint density at radius 2 is 2.39 bits per heavy atom. The molecule has 2 heterocycles. The first-order chi connectivity index (χ1) is 8.86. The van der Waals surface area contributed by atoms with E-state index >= 15 is 0 Å². The molecule has 2 rings (SSSR count). The SMILES string of the molecule is CC(NCCCOCc1ccco1)c1ccsc1. The zero-order valence-electron chi connectivity index (χ0n) is 10.6. The van der Waals surface area contributed by atoms with E-state index in [-0.39, 0.29) is 0 Å². The van der Waals surface area contributed by atoms with Gasteiger partial charge in [0.2, 0.25) is 0 Å². The van der Waals surface area contributed by atoms with E-state index in [1.165, 1.54) is 5.56 Å². The summed E-state index contributed by atoms with van der Waals surface area (Å²) in [7, 11) is 0. The van der Waals surface area contributed by atoms with Gasteiger partial charge in [0, 0.05) is 12.6 Å². The number of hydrogen-bond acceptors (Lipinski definition) is 4. The van der Waals surface area contributed by atoms with Crippen molar-refractivity contribution in [3.8, 4) is 0 Å². The highest BCUT2D eigenvalue weighted by molar-refractivity contribution is 7.07. The van der Waals surface area contributed by atoms with Gasteiger partial charge < -0.3 is 14.5 Å². The van der Waals surface area contributed by atoms with Gasteiger partial charge in [0.15, 0.2) is 0 Å². The third kappa shape index (κ3) is 4.29. The number of nitrogens with one attached hydrogen (secondary N) is 1. The van der Waals surface area contributed by atoms with Crippen molar-refractivity contribution in [2.45, 2.75) is 26.0 Å². The summed E-state index contributed by atoms with van der Waals surface area (Å²) >= 11 is 1.74. The zero-order chi connectivity index (χ0) is 12.6. The Labute approximate surface area is 112 Å². The van der Waals surface area contributed by atoms with Gasteiger partial charge in [-0.05, 0) is 54.4 Å². The predicted octanol–water partition coefficient (Wildman–Crippen LogP) is 3.60. The minimum Gasteiger partial charge on any atom is -0.467 e. The number of ether oxygens (including phenoxy) is 1. The van der Waals surface area contributed by atoms with Crippen LogP contribution >= 0.6 is 11.3 Å². The van der Waals surface area contributed by atoms with Crippen molar-refractivity contribution >= 4 is 11.3 Å². The first kappa shape index (κ1) is 13.3. The third-order valence-electron chi connectivity index (χ3n) is 2.78. The molecule has 4 heteroatoms. The maximum absolute atomic E-state index is 5.52. The standard InChI is InChI=1S/C14H19NO2S/c1-12(13-5-9-18-11-13)15-6-3-7-16-10-14-4-2-8-17-14/h2,4-5,8-9,11-12,15H,3,6-7,10H2,1H3. The maximum atomic E-state index is 5.52. The van der Waals surface area contributed by atoms with Crippen LogP contribution in [-0.2, 0) is 11.3 Å². The molecular weight excluding hydrogens is 246 g/mol. The number of furan rings is 1. The van der Waals surface area contributed by atoms with Crippen LogP contribution < -0.4 is 5.32 Å². The Balaban J connectivity index is 1.51. The lowest BCUT2D eigenvalue weighted by Crippen LogP contribution is -2.20. The molecule has 2 aromatic heterocycles. The molecule has 0 fully saturated rings. The van der Waals surface area contributed by atoms with Crippen molar-refractivity contribution in [3.63, 3.8) is 0 Å². The molecular formula is C14H19NO2S. The Kier molecular flexibility index (Phi) is 5.45. The van der Waals surface area contributed by atoms with Crippen LogP contribution in [0.25, 0.3) is 0 Å². The fourth-order valence-electron chi connectivity index (χ4n) is 1.70. The van der Waals surface area contributed by atoms with Gasteiger partial charge in [-0.15, -0.1) is 0 Å². The average Bonchev–Trinajstić information content (AvgIpc) is 3.05. The maximum Gasteiger partial charge on any atom is 0.129 e. The second-order valence-electron chi connectivity index (χ2n) is 4.22. The summed E-state index contributed by atoms with van der Waals surface area (Å²) in [5.41, 5.74) is 1.36. The van der Waals surface area contributed by atoms with Crippen LogP contribution in [0.2, 0.25) is 0 Å². The molecule has 0 saturated heterocycles. The molecule has 0 saturated carbocycles. The van der Waals surface area contributed by atoms with E-state index in [1.807, 2.05) is 12.1 Å². The summed E-state index contributed by atoms with van der Waals surface area (Å²) in [6.07, 6.45) is 2.68. The second-order valence-corrected chi connectivity index (χ2v) is 5.00. The fourth-order valence-corrected chi connectivity index (χ4v) is 2.45. The lowest BCUT2D eigenvalue weighted by molar-refractivity contribution is 0.104. The highest BCUT2D eigenvalue weighted by Crippen LogP contribution is 2.15. The van der Waals surface area contributed by atoms with Crippen LogP contribution in [0.1, 0.15) is 30.7 Å². The van der Waals surface area contributed by atoms with Gasteiger partial charge in [-0.25, -0.2) is 0 Å². The zero-order valence-corrected chi connectivity index (χ0v) is 11.4. The van der Waals surface area contributed by atoms with Crippen molar-refractivity contribution in [1.29, 1.82) is 0 Å². The molecule has 3 nitrogen and oxygen atoms in total. The van der Waals surface area contributed by atoms with Crippen LogP contribution in [0.4, 0.5) is 0 Å². The lowest BCUT2D eigenvalue weighted by atomic mass is 10.2. The molecule has 0 bridgehead atoms. The van der Waals surface area contributed by atoms with Crippen molar-refractivity contribution in [2.75, 3.05) is 13.2 Å². The van der Waals surface area contributed by atoms with Crippen molar-refractivity contribution in [2.24, 2.45) is 0 Å². The first-order valence-electron chi connectivity index (χ1n) is 6.22. The quantitative estimate of drug-likeness (QED) is 0.741. The van der Waals surface area contributed by atoms with Crippen molar-refractivity contribution < 1.29 is 9.15 Å². The Bertz CT molecular complexity index is 411. The Morgan fingerprint density at radius 1 is 1.44 bits per heavy atom. The molecule has 0 amide bonds. The molecule has 0 aliphatic carbocycles. The van der Waals surface area contributed by atoms with E-state index in [4.69, 9.17) is 9.15 Å². The highest BCUT2D eigenvalue weighted by Gasteiger charge is 2.03. The molecule has 0 aromatic carbocycles. The van der Waals surface area contributed by atoms with Crippen LogP contribution in [0.3, 0.4) is 0 Å². The summed E-state index contributed by atoms with van der Waals surface area (Å²) in [6.45, 7) is 4.47. The van der Waals surface area contributed by atoms with Crippen LogP contribution in [0.15, 0.2) is 39.6 Å². The topological polar surface area (TPSA) is 34.4 Å². The van der Waals surface area contributed by atoms with Gasteiger partial charge in [-0.1, -0.05) is 0 Å². The summed E-state index contributed by atoms with van der Waals surface area (Å²) in [4.78, 5) is 0. The molecule has 0 radical (unpaired) electrons. The van der Waals surface area contributed by atoms with E-state index in [1.54, 1.807) is 17.6 Å². The molecule has 1 N–H and O–H groups in total. The average molecular weight is 265 g/mol. The Hall–Kier alpha value is -1.10. The lowest BCUT2D eigenvalue weighted by Gasteiger charge is -2.12. The fraction of sp³-hybridized carbons (Fsp3) is 0.429. The van der Waals surface area contributed by atoms with Crippen LogP contribution in [0.5, 0.6) is 0 Å². The van der Waals surface area contributed by atoms with Gasteiger partial charge in [0.05, 0.1) is 6.26 Å². The van der Waals surface area contributed by atoms with Crippen LogP contribution in [-0.4, -0.2) is 13.2 Å². The molecule has 98 valence electrons. The molecule has 1 atom stereocenters. The van der Waals surface area contributed by atoms with Gasteiger partial charge in [0.25, 0.3) is 0 Å².